The summed E-state index contributed by atoms with van der Waals surface area (Å²) in [6.45, 7) is 4.90. The molecular weight excluding hydrogens is 240 g/mol. The molecule has 6 heteroatoms. The van der Waals surface area contributed by atoms with Crippen molar-refractivity contribution < 1.29 is 13.2 Å². The van der Waals surface area contributed by atoms with E-state index in [1.54, 1.807) is 7.11 Å². The zero-order valence-corrected chi connectivity index (χ0v) is 11.7. The van der Waals surface area contributed by atoms with E-state index in [1.165, 1.54) is 12.8 Å². The van der Waals surface area contributed by atoms with E-state index < -0.39 is 10.0 Å². The van der Waals surface area contributed by atoms with Crippen LogP contribution in [0, 0.1) is 5.92 Å². The number of ether oxygens (including phenoxy) is 1. The second kappa shape index (κ2) is 6.68. The minimum absolute atomic E-state index is 0.135. The van der Waals surface area contributed by atoms with E-state index in [4.69, 9.17) is 4.74 Å². The predicted molar refractivity (Wildman–Crippen MR) is 68.4 cm³/mol. The summed E-state index contributed by atoms with van der Waals surface area (Å²) in [6, 6.07) is 0.399. The predicted octanol–water partition coefficient (Wildman–Crippen LogP) is 0.329. The molecule has 0 bridgehead atoms. The summed E-state index contributed by atoms with van der Waals surface area (Å²) in [5.74, 6) is 0.359. The number of rotatable bonds is 9. The minimum Gasteiger partial charge on any atom is -0.383 e. The van der Waals surface area contributed by atoms with Gasteiger partial charge in [0.05, 0.1) is 12.4 Å². The van der Waals surface area contributed by atoms with Crippen molar-refractivity contribution in [3.8, 4) is 0 Å². The third-order valence-corrected chi connectivity index (χ3v) is 4.27. The van der Waals surface area contributed by atoms with Gasteiger partial charge in [-0.25, -0.2) is 13.1 Å². The summed E-state index contributed by atoms with van der Waals surface area (Å²) in [4.78, 5) is 0. The molecule has 17 heavy (non-hydrogen) atoms. The molecule has 1 aliphatic rings. The van der Waals surface area contributed by atoms with Gasteiger partial charge in [0.25, 0.3) is 0 Å². The highest BCUT2D eigenvalue weighted by Gasteiger charge is 2.23. The third-order valence-electron chi connectivity index (χ3n) is 2.86. The number of nitrogens with one attached hydrogen (secondary N) is 2. The Bertz CT molecular complexity index is 313. The fourth-order valence-electron chi connectivity index (χ4n) is 1.52. The Kier molecular flexibility index (Phi) is 5.85. The van der Waals surface area contributed by atoms with Gasteiger partial charge in [-0.15, -0.1) is 0 Å². The van der Waals surface area contributed by atoms with Crippen molar-refractivity contribution >= 4 is 10.0 Å². The second-order valence-corrected chi connectivity index (χ2v) is 6.84. The van der Waals surface area contributed by atoms with Crippen molar-refractivity contribution in [2.24, 2.45) is 5.92 Å². The standard InChI is InChI=1S/C11H24N2O3S/c1-9(2)11(8-16-3)13-17(14,15)7-6-12-10-4-5-10/h9-13H,4-8H2,1-3H3. The van der Waals surface area contributed by atoms with Crippen LogP contribution in [0.3, 0.4) is 0 Å². The van der Waals surface area contributed by atoms with E-state index in [-0.39, 0.29) is 17.7 Å². The van der Waals surface area contributed by atoms with Gasteiger partial charge >= 0.3 is 0 Å². The fourth-order valence-corrected chi connectivity index (χ4v) is 2.82. The summed E-state index contributed by atoms with van der Waals surface area (Å²) < 4.78 is 31.3. The summed E-state index contributed by atoms with van der Waals surface area (Å²) in [5, 5.41) is 3.20. The lowest BCUT2D eigenvalue weighted by Crippen LogP contribution is -2.44. The largest absolute Gasteiger partial charge is 0.383 e. The molecule has 0 saturated heterocycles. The smallest absolute Gasteiger partial charge is 0.213 e. The van der Waals surface area contributed by atoms with Crippen LogP contribution >= 0.6 is 0 Å². The lowest BCUT2D eigenvalue weighted by atomic mass is 10.1. The molecule has 5 nitrogen and oxygen atoms in total. The van der Waals surface area contributed by atoms with E-state index in [0.29, 0.717) is 19.2 Å². The lowest BCUT2D eigenvalue weighted by molar-refractivity contribution is 0.157. The molecule has 1 fully saturated rings. The summed E-state index contributed by atoms with van der Waals surface area (Å²) in [7, 11) is -1.63. The topological polar surface area (TPSA) is 67.4 Å². The van der Waals surface area contributed by atoms with Crippen LogP contribution in [0.25, 0.3) is 0 Å². The first-order valence-electron chi connectivity index (χ1n) is 6.17. The van der Waals surface area contributed by atoms with Gasteiger partial charge in [-0.2, -0.15) is 0 Å². The third kappa shape index (κ3) is 6.35. The summed E-state index contributed by atoms with van der Waals surface area (Å²) >= 11 is 0. The van der Waals surface area contributed by atoms with Gasteiger partial charge in [0.1, 0.15) is 0 Å². The molecule has 1 saturated carbocycles. The van der Waals surface area contributed by atoms with Crippen molar-refractivity contribution in [3.63, 3.8) is 0 Å². The van der Waals surface area contributed by atoms with E-state index in [0.717, 1.165) is 0 Å². The molecule has 0 aromatic heterocycles. The van der Waals surface area contributed by atoms with Gasteiger partial charge in [-0.05, 0) is 18.8 Å². The average Bonchev–Trinajstić information content (AvgIpc) is 3.00. The van der Waals surface area contributed by atoms with Crippen LogP contribution in [-0.4, -0.2) is 46.5 Å². The molecule has 0 aliphatic heterocycles. The maximum Gasteiger partial charge on any atom is 0.213 e. The van der Waals surface area contributed by atoms with Crippen molar-refractivity contribution in [2.45, 2.75) is 38.8 Å². The Morgan fingerprint density at radius 1 is 1.35 bits per heavy atom. The molecular formula is C11H24N2O3S. The molecule has 0 heterocycles. The zero-order chi connectivity index (χ0) is 12.9. The highest BCUT2D eigenvalue weighted by atomic mass is 32.2. The van der Waals surface area contributed by atoms with Crippen LogP contribution in [-0.2, 0) is 14.8 Å². The number of hydrogen-bond donors (Lipinski definition) is 2. The Morgan fingerprint density at radius 2 is 2.00 bits per heavy atom. The monoisotopic (exact) mass is 264 g/mol. The number of hydrogen-bond acceptors (Lipinski definition) is 4. The normalized spacial score (nSPS) is 18.6. The van der Waals surface area contributed by atoms with E-state index in [1.807, 2.05) is 13.8 Å². The van der Waals surface area contributed by atoms with Crippen LogP contribution in [0.1, 0.15) is 26.7 Å². The molecule has 0 aromatic rings. The molecule has 1 unspecified atom stereocenters. The average molecular weight is 264 g/mol. The van der Waals surface area contributed by atoms with Crippen molar-refractivity contribution in [2.75, 3.05) is 26.0 Å². The maximum atomic E-state index is 11.8. The van der Waals surface area contributed by atoms with Crippen molar-refractivity contribution in [3.05, 3.63) is 0 Å². The Morgan fingerprint density at radius 3 is 2.47 bits per heavy atom. The molecule has 1 rings (SSSR count). The maximum absolute atomic E-state index is 11.8. The van der Waals surface area contributed by atoms with Crippen LogP contribution in [0.5, 0.6) is 0 Å². The van der Waals surface area contributed by atoms with E-state index >= 15 is 0 Å². The van der Waals surface area contributed by atoms with Gasteiger partial charge in [0.15, 0.2) is 0 Å². The molecule has 1 aliphatic carbocycles. The Hall–Kier alpha value is -0.170. The van der Waals surface area contributed by atoms with Crippen LogP contribution in [0.15, 0.2) is 0 Å². The summed E-state index contributed by atoms with van der Waals surface area (Å²) in [5.41, 5.74) is 0. The Balaban J connectivity index is 2.33. The second-order valence-electron chi connectivity index (χ2n) is 4.97. The minimum atomic E-state index is -3.21. The number of sulfonamides is 1. The van der Waals surface area contributed by atoms with Crippen molar-refractivity contribution in [1.82, 2.24) is 10.0 Å². The molecule has 0 aromatic carbocycles. The van der Waals surface area contributed by atoms with Crippen LogP contribution < -0.4 is 10.0 Å². The molecule has 0 spiro atoms. The van der Waals surface area contributed by atoms with Gasteiger partial charge in [-0.1, -0.05) is 13.8 Å². The van der Waals surface area contributed by atoms with Gasteiger partial charge in [0.2, 0.25) is 10.0 Å². The molecule has 2 N–H and O–H groups in total. The van der Waals surface area contributed by atoms with Crippen LogP contribution in [0.2, 0.25) is 0 Å². The lowest BCUT2D eigenvalue weighted by Gasteiger charge is -2.21. The van der Waals surface area contributed by atoms with Gasteiger partial charge in [0, 0.05) is 25.7 Å². The zero-order valence-electron chi connectivity index (χ0n) is 10.9. The highest BCUT2D eigenvalue weighted by Crippen LogP contribution is 2.18. The highest BCUT2D eigenvalue weighted by molar-refractivity contribution is 7.89. The Labute approximate surface area is 104 Å². The van der Waals surface area contributed by atoms with E-state index in [9.17, 15) is 8.42 Å². The number of methoxy groups -OCH3 is 1. The first kappa shape index (κ1) is 14.9. The van der Waals surface area contributed by atoms with E-state index in [2.05, 4.69) is 10.0 Å². The molecule has 102 valence electrons. The van der Waals surface area contributed by atoms with Crippen molar-refractivity contribution in [1.29, 1.82) is 0 Å². The quantitative estimate of drug-likeness (QED) is 0.630. The SMILES string of the molecule is COCC(NS(=O)(=O)CCNC1CC1)C(C)C. The fraction of sp³-hybridized carbons (Fsp3) is 1.00. The first-order chi connectivity index (χ1) is 7.94. The van der Waals surface area contributed by atoms with Gasteiger partial charge in [-0.3, -0.25) is 0 Å². The summed E-state index contributed by atoms with van der Waals surface area (Å²) in [6.07, 6.45) is 2.34. The molecule has 1 atom stereocenters. The molecule has 0 amide bonds. The molecule has 0 radical (unpaired) electrons. The van der Waals surface area contributed by atoms with Gasteiger partial charge < -0.3 is 10.1 Å². The van der Waals surface area contributed by atoms with Crippen LogP contribution in [0.4, 0.5) is 0 Å². The first-order valence-corrected chi connectivity index (χ1v) is 7.82.